The van der Waals surface area contributed by atoms with Crippen LogP contribution in [0.2, 0.25) is 0 Å². The quantitative estimate of drug-likeness (QED) is 0.137. The first-order chi connectivity index (χ1) is 22.0. The highest BCUT2D eigenvalue weighted by Gasteiger charge is 2.13. The van der Waals surface area contributed by atoms with Crippen molar-refractivity contribution in [1.82, 2.24) is 25.2 Å². The number of amides is 2. The molecule has 3 heterocycles. The van der Waals surface area contributed by atoms with Crippen molar-refractivity contribution in [3.8, 4) is 11.5 Å². The molecule has 0 atom stereocenters. The van der Waals surface area contributed by atoms with Crippen LogP contribution in [0.25, 0.3) is 0 Å². The van der Waals surface area contributed by atoms with E-state index in [4.69, 9.17) is 14.5 Å². The van der Waals surface area contributed by atoms with E-state index >= 15 is 0 Å². The first-order valence-corrected chi connectivity index (χ1v) is 14.4. The summed E-state index contributed by atoms with van der Waals surface area (Å²) in [6, 6.07) is 17.9. The summed E-state index contributed by atoms with van der Waals surface area (Å²) in [4.78, 5) is 39.4. The molecule has 0 radical (unpaired) electrons. The molecule has 5 rings (SSSR count). The highest BCUT2D eigenvalue weighted by molar-refractivity contribution is 5.99. The van der Waals surface area contributed by atoms with Crippen molar-refractivity contribution < 1.29 is 19.1 Å². The highest BCUT2D eigenvalue weighted by atomic mass is 16.5. The largest absolute Gasteiger partial charge is 0.457 e. The topological polar surface area (TPSA) is 155 Å². The van der Waals surface area contributed by atoms with Crippen molar-refractivity contribution in [3.05, 3.63) is 91.4 Å². The number of aromatic nitrogens is 3. The number of ether oxygens (including phenoxy) is 2. The molecule has 4 aromatic rings. The third kappa shape index (κ3) is 8.98. The van der Waals surface area contributed by atoms with Gasteiger partial charge in [0, 0.05) is 62.6 Å². The van der Waals surface area contributed by atoms with Crippen LogP contribution in [0, 0.1) is 0 Å². The number of morpholine rings is 1. The predicted octanol–water partition coefficient (Wildman–Crippen LogP) is 4.38. The van der Waals surface area contributed by atoms with Gasteiger partial charge in [-0.1, -0.05) is 12.6 Å². The van der Waals surface area contributed by atoms with E-state index in [1.165, 1.54) is 12.3 Å². The Balaban J connectivity index is 1.29. The Hall–Kier alpha value is -5.53. The van der Waals surface area contributed by atoms with Crippen LogP contribution in [-0.4, -0.2) is 78.1 Å². The zero-order valence-electron chi connectivity index (χ0n) is 24.9. The second-order valence-corrected chi connectivity index (χ2v) is 9.94. The Morgan fingerprint density at radius 3 is 2.56 bits per heavy atom. The van der Waals surface area contributed by atoms with Crippen molar-refractivity contribution in [3.63, 3.8) is 0 Å². The molecule has 1 aliphatic heterocycles. The second-order valence-electron chi connectivity index (χ2n) is 9.94. The minimum Gasteiger partial charge on any atom is -0.457 e. The highest BCUT2D eigenvalue weighted by Crippen LogP contribution is 2.28. The molecule has 1 fully saturated rings. The van der Waals surface area contributed by atoms with Gasteiger partial charge in [-0.3, -0.25) is 19.5 Å². The zero-order valence-corrected chi connectivity index (χ0v) is 24.9. The van der Waals surface area contributed by atoms with Crippen molar-refractivity contribution in [2.45, 2.75) is 0 Å². The molecular weight excluding hydrogens is 574 g/mol. The molecular formula is C32H35N9O4. The molecule has 0 bridgehead atoms. The first kappa shape index (κ1) is 30.9. The molecule has 13 heteroatoms. The molecule has 0 spiro atoms. The van der Waals surface area contributed by atoms with E-state index in [0.717, 1.165) is 49.9 Å². The van der Waals surface area contributed by atoms with Crippen LogP contribution in [0.3, 0.4) is 0 Å². The fourth-order valence-corrected chi connectivity index (χ4v) is 4.44. The van der Waals surface area contributed by atoms with Gasteiger partial charge < -0.3 is 36.1 Å². The molecule has 45 heavy (non-hydrogen) atoms. The van der Waals surface area contributed by atoms with Crippen LogP contribution in [0.1, 0.15) is 10.5 Å². The number of anilines is 6. The zero-order chi connectivity index (χ0) is 31.4. The van der Waals surface area contributed by atoms with Crippen LogP contribution in [0.4, 0.5) is 34.5 Å². The number of rotatable bonds is 13. The van der Waals surface area contributed by atoms with Gasteiger partial charge in [0.05, 0.1) is 25.1 Å². The van der Waals surface area contributed by atoms with Gasteiger partial charge in [0.2, 0.25) is 11.9 Å². The number of carbonyl (C=O) groups is 2. The minimum absolute atomic E-state index is 0.266. The number of carbonyl (C=O) groups excluding carboxylic acids is 2. The van der Waals surface area contributed by atoms with Crippen molar-refractivity contribution >= 4 is 46.3 Å². The monoisotopic (exact) mass is 609 g/mol. The lowest BCUT2D eigenvalue weighted by Crippen LogP contribution is -2.39. The van der Waals surface area contributed by atoms with Gasteiger partial charge in [-0.2, -0.15) is 4.98 Å². The van der Waals surface area contributed by atoms with Gasteiger partial charge in [0.15, 0.2) is 5.82 Å². The number of nitrogens with zero attached hydrogens (tertiary/aromatic N) is 4. The van der Waals surface area contributed by atoms with E-state index in [1.54, 1.807) is 43.6 Å². The Bertz CT molecular complexity index is 1630. The molecule has 0 aliphatic carbocycles. The van der Waals surface area contributed by atoms with Crippen LogP contribution < -0.4 is 31.3 Å². The third-order valence-electron chi connectivity index (χ3n) is 6.75. The van der Waals surface area contributed by atoms with Gasteiger partial charge >= 0.3 is 0 Å². The molecule has 232 valence electrons. The van der Waals surface area contributed by atoms with Crippen LogP contribution in [0.15, 0.2) is 85.7 Å². The molecule has 0 saturated carbocycles. The number of hydrogen-bond donors (Lipinski definition) is 5. The fraction of sp³-hybridized carbons (Fsp3) is 0.219. The predicted molar refractivity (Wildman–Crippen MR) is 174 cm³/mol. The molecule has 2 aromatic carbocycles. The van der Waals surface area contributed by atoms with Crippen LogP contribution in [-0.2, 0) is 9.53 Å². The van der Waals surface area contributed by atoms with E-state index in [1.807, 2.05) is 30.3 Å². The summed E-state index contributed by atoms with van der Waals surface area (Å²) in [5, 5.41) is 15.4. The fourth-order valence-electron chi connectivity index (χ4n) is 4.44. The summed E-state index contributed by atoms with van der Waals surface area (Å²) in [6.45, 7) is 8.34. The summed E-state index contributed by atoms with van der Waals surface area (Å²) >= 11 is 0. The smallest absolute Gasteiger partial charge is 0.269 e. The van der Waals surface area contributed by atoms with Crippen LogP contribution in [0.5, 0.6) is 11.5 Å². The molecule has 1 aliphatic rings. The standard InChI is InChI=1S/C32H35N9O4/c1-3-29(42)37-23-5-4-6-24(19-23)38-30-28(35-13-14-41-15-17-44-18-16-41)21-36-32(40-30)39-22-7-9-25(10-8-22)45-26-11-12-34-27(20-26)31(43)33-2/h3-12,19-21,35H,1,13-18H2,2H3,(H,33,43)(H,37,42)(H2,36,38,39,40). The Morgan fingerprint density at radius 2 is 1.78 bits per heavy atom. The van der Waals surface area contributed by atoms with Gasteiger partial charge in [-0.05, 0) is 54.6 Å². The molecule has 2 aromatic heterocycles. The maximum absolute atomic E-state index is 11.9. The number of benzene rings is 2. The summed E-state index contributed by atoms with van der Waals surface area (Å²) in [5.74, 6) is 1.43. The average molecular weight is 610 g/mol. The summed E-state index contributed by atoms with van der Waals surface area (Å²) in [7, 11) is 1.55. The normalized spacial score (nSPS) is 12.9. The number of nitrogens with one attached hydrogen (secondary N) is 5. The average Bonchev–Trinajstić information content (AvgIpc) is 3.07. The summed E-state index contributed by atoms with van der Waals surface area (Å²) < 4.78 is 11.4. The molecule has 1 saturated heterocycles. The lowest BCUT2D eigenvalue weighted by molar-refractivity contribution is -0.111. The van der Waals surface area contributed by atoms with Gasteiger partial charge in [0.1, 0.15) is 17.2 Å². The molecule has 0 unspecified atom stereocenters. The van der Waals surface area contributed by atoms with Gasteiger partial charge in [-0.15, -0.1) is 0 Å². The lowest BCUT2D eigenvalue weighted by Gasteiger charge is -2.26. The SMILES string of the molecule is C=CC(=O)Nc1cccc(Nc2nc(Nc3ccc(Oc4ccnc(C(=O)NC)c4)cc3)ncc2NCCN2CCOCC2)c1. The van der Waals surface area contributed by atoms with E-state index in [9.17, 15) is 9.59 Å². The lowest BCUT2D eigenvalue weighted by atomic mass is 10.2. The Kier molecular flexibility index (Phi) is 10.5. The summed E-state index contributed by atoms with van der Waals surface area (Å²) in [6.07, 6.45) is 4.47. The van der Waals surface area contributed by atoms with Crippen molar-refractivity contribution in [2.75, 3.05) is 67.7 Å². The maximum atomic E-state index is 11.9. The van der Waals surface area contributed by atoms with E-state index < -0.39 is 0 Å². The van der Waals surface area contributed by atoms with E-state index in [-0.39, 0.29) is 17.5 Å². The maximum Gasteiger partial charge on any atom is 0.269 e. The van der Waals surface area contributed by atoms with Gasteiger partial charge in [-0.25, -0.2) is 4.98 Å². The Labute approximate surface area is 261 Å². The minimum atomic E-state index is -0.294. The van der Waals surface area contributed by atoms with Crippen molar-refractivity contribution in [2.24, 2.45) is 0 Å². The summed E-state index contributed by atoms with van der Waals surface area (Å²) in [5.41, 5.74) is 3.10. The van der Waals surface area contributed by atoms with Crippen molar-refractivity contribution in [1.29, 1.82) is 0 Å². The number of hydrogen-bond acceptors (Lipinski definition) is 11. The number of pyridine rings is 1. The Morgan fingerprint density at radius 1 is 0.978 bits per heavy atom. The first-order valence-electron chi connectivity index (χ1n) is 14.4. The van der Waals surface area contributed by atoms with Crippen LogP contribution >= 0.6 is 0 Å². The van der Waals surface area contributed by atoms with Gasteiger partial charge in [0.25, 0.3) is 5.91 Å². The van der Waals surface area contributed by atoms with E-state index in [0.29, 0.717) is 35.5 Å². The van der Waals surface area contributed by atoms with E-state index in [2.05, 4.69) is 48.0 Å². The molecule has 2 amide bonds. The molecule has 13 nitrogen and oxygen atoms in total. The third-order valence-corrected chi connectivity index (χ3v) is 6.75. The second kappa shape index (κ2) is 15.3. The molecule has 5 N–H and O–H groups in total.